The van der Waals surface area contributed by atoms with E-state index in [4.69, 9.17) is 5.26 Å². The number of amides is 1. The number of nitriles is 1. The smallest absolute Gasteiger partial charge is 0.220 e. The van der Waals surface area contributed by atoms with Crippen molar-refractivity contribution < 1.29 is 9.90 Å². The summed E-state index contributed by atoms with van der Waals surface area (Å²) < 4.78 is 1.69. The lowest BCUT2D eigenvalue weighted by molar-refractivity contribution is -0.124. The molecule has 6 heteroatoms. The van der Waals surface area contributed by atoms with E-state index in [0.29, 0.717) is 24.8 Å². The lowest BCUT2D eigenvalue weighted by Crippen LogP contribution is -2.56. The van der Waals surface area contributed by atoms with Gasteiger partial charge in [0, 0.05) is 18.8 Å². The molecule has 0 radical (unpaired) electrons. The van der Waals surface area contributed by atoms with Gasteiger partial charge in [0.1, 0.15) is 0 Å². The number of aromatic nitrogens is 2. The SMILES string of the molecule is N#Cc1ccc(CCC(=O)N[C@H]2C[C@@H](O)[C@@H]2n2cccn2)cc1. The highest BCUT2D eigenvalue weighted by Crippen LogP contribution is 2.32. The molecule has 2 N–H and O–H groups in total. The number of benzene rings is 1. The fourth-order valence-corrected chi connectivity index (χ4v) is 2.86. The number of hydrogen-bond donors (Lipinski definition) is 2. The van der Waals surface area contributed by atoms with Crippen molar-refractivity contribution in [2.45, 2.75) is 37.5 Å². The van der Waals surface area contributed by atoms with E-state index in [-0.39, 0.29) is 18.0 Å². The van der Waals surface area contributed by atoms with Gasteiger partial charge in [-0.1, -0.05) is 12.1 Å². The number of rotatable bonds is 5. The molecule has 6 nitrogen and oxygen atoms in total. The molecule has 1 aromatic heterocycles. The maximum Gasteiger partial charge on any atom is 0.220 e. The predicted octanol–water partition coefficient (Wildman–Crippen LogP) is 1.18. The van der Waals surface area contributed by atoms with E-state index < -0.39 is 6.10 Å². The van der Waals surface area contributed by atoms with E-state index in [1.165, 1.54) is 0 Å². The minimum atomic E-state index is -0.473. The monoisotopic (exact) mass is 310 g/mol. The van der Waals surface area contributed by atoms with Gasteiger partial charge in [-0.3, -0.25) is 9.48 Å². The van der Waals surface area contributed by atoms with Gasteiger partial charge in [0.05, 0.1) is 29.8 Å². The molecule has 1 saturated carbocycles. The van der Waals surface area contributed by atoms with Crippen molar-refractivity contribution >= 4 is 5.91 Å². The van der Waals surface area contributed by atoms with E-state index in [2.05, 4.69) is 16.5 Å². The minimum absolute atomic E-state index is 0.0385. The summed E-state index contributed by atoms with van der Waals surface area (Å²) in [5.74, 6) is -0.0385. The first-order valence-electron chi connectivity index (χ1n) is 7.63. The van der Waals surface area contributed by atoms with Gasteiger partial charge < -0.3 is 10.4 Å². The Balaban J connectivity index is 1.50. The molecule has 1 fully saturated rings. The standard InChI is InChI=1S/C17H18N4O2/c18-11-13-4-2-12(3-5-13)6-7-16(23)20-14-10-15(22)17(14)21-9-1-8-19-21/h1-5,8-9,14-15,17,22H,6-7,10H2,(H,20,23)/t14-,15+,17+/m0/s1. The number of hydrogen-bond acceptors (Lipinski definition) is 4. The molecule has 0 bridgehead atoms. The zero-order valence-electron chi connectivity index (χ0n) is 12.6. The molecule has 1 amide bonds. The first kappa shape index (κ1) is 15.3. The molecule has 2 aromatic rings. The first-order valence-corrected chi connectivity index (χ1v) is 7.63. The van der Waals surface area contributed by atoms with E-state index in [9.17, 15) is 9.90 Å². The lowest BCUT2D eigenvalue weighted by atomic mass is 9.83. The van der Waals surface area contributed by atoms with E-state index in [1.807, 2.05) is 12.1 Å². The van der Waals surface area contributed by atoms with Gasteiger partial charge in [-0.2, -0.15) is 10.4 Å². The molecule has 0 unspecified atom stereocenters. The number of nitrogens with one attached hydrogen (secondary N) is 1. The molecule has 3 rings (SSSR count). The Hall–Kier alpha value is -2.65. The Kier molecular flexibility index (Phi) is 4.40. The quantitative estimate of drug-likeness (QED) is 0.867. The second kappa shape index (κ2) is 6.63. The van der Waals surface area contributed by atoms with Crippen molar-refractivity contribution in [2.75, 3.05) is 0 Å². The molecular weight excluding hydrogens is 292 g/mol. The van der Waals surface area contributed by atoms with E-state index in [0.717, 1.165) is 5.56 Å². The second-order valence-corrected chi connectivity index (χ2v) is 5.76. The first-order chi connectivity index (χ1) is 11.2. The molecule has 1 aliphatic rings. The summed E-state index contributed by atoms with van der Waals surface area (Å²) in [5.41, 5.74) is 1.64. The van der Waals surface area contributed by atoms with Crippen LogP contribution >= 0.6 is 0 Å². The summed E-state index contributed by atoms with van der Waals surface area (Å²) in [6, 6.07) is 10.8. The summed E-state index contributed by atoms with van der Waals surface area (Å²) in [6.45, 7) is 0. The highest BCUT2D eigenvalue weighted by Gasteiger charge is 2.42. The molecule has 3 atom stereocenters. The average molecular weight is 310 g/mol. The largest absolute Gasteiger partial charge is 0.391 e. The highest BCUT2D eigenvalue weighted by molar-refractivity contribution is 5.76. The van der Waals surface area contributed by atoms with Gasteiger partial charge in [-0.15, -0.1) is 0 Å². The van der Waals surface area contributed by atoms with Gasteiger partial charge >= 0.3 is 0 Å². The third kappa shape index (κ3) is 3.41. The van der Waals surface area contributed by atoms with E-state index in [1.54, 1.807) is 35.3 Å². The van der Waals surface area contributed by atoms with Crippen LogP contribution in [-0.2, 0) is 11.2 Å². The lowest BCUT2D eigenvalue weighted by Gasteiger charge is -2.41. The van der Waals surface area contributed by atoms with Crippen LogP contribution in [0, 0.1) is 11.3 Å². The van der Waals surface area contributed by atoms with Crippen LogP contribution < -0.4 is 5.32 Å². The molecule has 1 aromatic carbocycles. The second-order valence-electron chi connectivity index (χ2n) is 5.76. The van der Waals surface area contributed by atoms with Crippen LogP contribution in [0.1, 0.15) is 30.0 Å². The predicted molar refractivity (Wildman–Crippen MR) is 83.3 cm³/mol. The van der Waals surface area contributed by atoms with Crippen LogP contribution in [0.2, 0.25) is 0 Å². The van der Waals surface area contributed by atoms with Crippen molar-refractivity contribution in [3.63, 3.8) is 0 Å². The van der Waals surface area contributed by atoms with Crippen molar-refractivity contribution in [1.82, 2.24) is 15.1 Å². The van der Waals surface area contributed by atoms with Crippen LogP contribution in [0.3, 0.4) is 0 Å². The maximum absolute atomic E-state index is 12.1. The van der Waals surface area contributed by atoms with Crippen molar-refractivity contribution in [3.8, 4) is 6.07 Å². The fourth-order valence-electron chi connectivity index (χ4n) is 2.86. The number of nitrogens with zero attached hydrogens (tertiary/aromatic N) is 3. The third-order valence-electron chi connectivity index (χ3n) is 4.20. The number of carbonyl (C=O) groups is 1. The molecule has 0 spiro atoms. The van der Waals surface area contributed by atoms with Crippen molar-refractivity contribution in [3.05, 3.63) is 53.9 Å². The van der Waals surface area contributed by atoms with Crippen LogP contribution in [-0.4, -0.2) is 32.9 Å². The minimum Gasteiger partial charge on any atom is -0.391 e. The Bertz CT molecular complexity index is 703. The van der Waals surface area contributed by atoms with Gasteiger partial charge in [0.15, 0.2) is 0 Å². The summed E-state index contributed by atoms with van der Waals surface area (Å²) in [7, 11) is 0. The molecule has 0 saturated heterocycles. The normalized spacial score (nSPS) is 22.9. The zero-order chi connectivity index (χ0) is 16.2. The molecule has 1 heterocycles. The third-order valence-corrected chi connectivity index (χ3v) is 4.20. The Morgan fingerprint density at radius 1 is 1.43 bits per heavy atom. The van der Waals surface area contributed by atoms with Gasteiger partial charge in [0.25, 0.3) is 0 Å². The van der Waals surface area contributed by atoms with Crippen molar-refractivity contribution in [2.24, 2.45) is 0 Å². The molecule has 0 aliphatic heterocycles. The Morgan fingerprint density at radius 3 is 2.83 bits per heavy atom. The Labute approximate surface area is 134 Å². The van der Waals surface area contributed by atoms with Crippen molar-refractivity contribution in [1.29, 1.82) is 5.26 Å². The fraction of sp³-hybridized carbons (Fsp3) is 0.353. The molecule has 118 valence electrons. The number of aryl methyl sites for hydroxylation is 1. The Morgan fingerprint density at radius 2 is 2.22 bits per heavy atom. The van der Waals surface area contributed by atoms with Gasteiger partial charge in [-0.05, 0) is 36.6 Å². The number of carbonyl (C=O) groups excluding carboxylic acids is 1. The van der Waals surface area contributed by atoms with Gasteiger partial charge in [0.2, 0.25) is 5.91 Å². The maximum atomic E-state index is 12.1. The number of aliphatic hydroxyl groups is 1. The summed E-state index contributed by atoms with van der Waals surface area (Å²) in [5, 5.41) is 25.7. The number of aliphatic hydroxyl groups excluding tert-OH is 1. The topological polar surface area (TPSA) is 90.9 Å². The van der Waals surface area contributed by atoms with E-state index >= 15 is 0 Å². The summed E-state index contributed by atoms with van der Waals surface area (Å²) in [4.78, 5) is 12.1. The molecule has 23 heavy (non-hydrogen) atoms. The summed E-state index contributed by atoms with van der Waals surface area (Å²) >= 11 is 0. The zero-order valence-corrected chi connectivity index (χ0v) is 12.6. The average Bonchev–Trinajstić information content (AvgIpc) is 3.06. The highest BCUT2D eigenvalue weighted by atomic mass is 16.3. The van der Waals surface area contributed by atoms with Crippen LogP contribution in [0.15, 0.2) is 42.7 Å². The van der Waals surface area contributed by atoms with Crippen LogP contribution in [0.25, 0.3) is 0 Å². The van der Waals surface area contributed by atoms with Crippen LogP contribution in [0.5, 0.6) is 0 Å². The summed E-state index contributed by atoms with van der Waals surface area (Å²) in [6.07, 6.45) is 4.54. The van der Waals surface area contributed by atoms with Gasteiger partial charge in [-0.25, -0.2) is 0 Å². The van der Waals surface area contributed by atoms with Crippen LogP contribution in [0.4, 0.5) is 0 Å². The molecule has 1 aliphatic carbocycles. The molecular formula is C17H18N4O2.